The number of anilines is 2. The van der Waals surface area contributed by atoms with Crippen LogP contribution >= 0.6 is 0 Å². The van der Waals surface area contributed by atoms with Gasteiger partial charge < -0.3 is 5.32 Å². The molecule has 0 atom stereocenters. The Bertz CT molecular complexity index is 1100. The highest BCUT2D eigenvalue weighted by molar-refractivity contribution is 7.93. The van der Waals surface area contributed by atoms with Crippen molar-refractivity contribution in [2.24, 2.45) is 0 Å². The van der Waals surface area contributed by atoms with Gasteiger partial charge in [0.15, 0.2) is 0 Å². The van der Waals surface area contributed by atoms with E-state index in [1.165, 1.54) is 4.31 Å². The number of sulfonamides is 1. The number of hydrogen-bond donors (Lipinski definition) is 1. The van der Waals surface area contributed by atoms with Crippen molar-refractivity contribution in [3.05, 3.63) is 65.9 Å². The number of pyridine rings is 1. The van der Waals surface area contributed by atoms with Gasteiger partial charge in [-0.05, 0) is 42.7 Å². The highest BCUT2D eigenvalue weighted by atomic mass is 32.2. The molecular formula is C22H25N3O2S. The van der Waals surface area contributed by atoms with E-state index in [-0.39, 0.29) is 5.75 Å². The quantitative estimate of drug-likeness (QED) is 0.674. The number of rotatable bonds is 6. The van der Waals surface area contributed by atoms with E-state index in [9.17, 15) is 8.42 Å². The smallest absolute Gasteiger partial charge is 0.235 e. The van der Waals surface area contributed by atoms with Gasteiger partial charge in [0.1, 0.15) is 0 Å². The summed E-state index contributed by atoms with van der Waals surface area (Å²) < 4.78 is 25.9. The molecule has 4 rings (SSSR count). The number of nitrogens with one attached hydrogen (secondary N) is 1. The first-order valence-corrected chi connectivity index (χ1v) is 11.4. The van der Waals surface area contributed by atoms with Gasteiger partial charge >= 0.3 is 0 Å². The number of benzene rings is 2. The van der Waals surface area contributed by atoms with Crippen molar-refractivity contribution in [3.8, 4) is 0 Å². The molecule has 3 aromatic rings. The Kier molecular flexibility index (Phi) is 5.22. The van der Waals surface area contributed by atoms with E-state index in [1.54, 1.807) is 0 Å². The van der Waals surface area contributed by atoms with Crippen LogP contribution in [0.15, 0.2) is 54.6 Å². The molecule has 146 valence electrons. The van der Waals surface area contributed by atoms with Crippen molar-refractivity contribution < 1.29 is 8.42 Å². The van der Waals surface area contributed by atoms with Crippen molar-refractivity contribution in [2.75, 3.05) is 21.9 Å². The lowest BCUT2D eigenvalue weighted by Crippen LogP contribution is -2.25. The molecular weight excluding hydrogens is 370 g/mol. The maximum Gasteiger partial charge on any atom is 0.235 e. The molecule has 0 radical (unpaired) electrons. The first kappa shape index (κ1) is 18.7. The first-order valence-electron chi connectivity index (χ1n) is 9.79. The van der Waals surface area contributed by atoms with Crippen molar-refractivity contribution >= 4 is 32.3 Å². The molecule has 1 aliphatic heterocycles. The van der Waals surface area contributed by atoms with Crippen LogP contribution in [0.25, 0.3) is 10.9 Å². The van der Waals surface area contributed by atoms with Crippen molar-refractivity contribution in [3.63, 3.8) is 0 Å². The number of nitrogens with zero attached hydrogens (tertiary/aromatic N) is 2. The molecule has 1 aromatic heterocycles. The van der Waals surface area contributed by atoms with E-state index in [1.807, 2.05) is 42.5 Å². The average molecular weight is 396 g/mol. The van der Waals surface area contributed by atoms with E-state index in [0.29, 0.717) is 19.5 Å². The summed E-state index contributed by atoms with van der Waals surface area (Å²) in [4.78, 5) is 4.75. The summed E-state index contributed by atoms with van der Waals surface area (Å²) in [7, 11) is -3.16. The number of fused-ring (bicyclic) bond motifs is 1. The van der Waals surface area contributed by atoms with Gasteiger partial charge in [0.25, 0.3) is 0 Å². The summed E-state index contributed by atoms with van der Waals surface area (Å²) in [5.74, 6) is 0.235. The zero-order valence-corrected chi connectivity index (χ0v) is 16.9. The molecule has 2 aromatic carbocycles. The zero-order chi connectivity index (χ0) is 19.6. The van der Waals surface area contributed by atoms with E-state index in [0.717, 1.165) is 46.4 Å². The van der Waals surface area contributed by atoms with Crippen LogP contribution < -0.4 is 9.62 Å². The van der Waals surface area contributed by atoms with E-state index >= 15 is 0 Å². The molecule has 28 heavy (non-hydrogen) atoms. The summed E-state index contributed by atoms with van der Waals surface area (Å²) >= 11 is 0. The summed E-state index contributed by atoms with van der Waals surface area (Å²) in [6.45, 7) is 3.35. The molecule has 0 spiro atoms. The van der Waals surface area contributed by atoms with Crippen LogP contribution in [0.4, 0.5) is 11.4 Å². The molecule has 1 saturated heterocycles. The Morgan fingerprint density at radius 3 is 2.75 bits per heavy atom. The van der Waals surface area contributed by atoms with Crippen LogP contribution in [0, 0.1) is 0 Å². The third kappa shape index (κ3) is 3.83. The first-order chi connectivity index (χ1) is 13.6. The van der Waals surface area contributed by atoms with Gasteiger partial charge in [-0.25, -0.2) is 8.42 Å². The van der Waals surface area contributed by atoms with E-state index in [4.69, 9.17) is 4.98 Å². The summed E-state index contributed by atoms with van der Waals surface area (Å²) in [5.41, 5.74) is 4.95. The third-order valence-corrected chi connectivity index (χ3v) is 6.93. The second-order valence-corrected chi connectivity index (χ2v) is 9.21. The molecule has 0 unspecified atom stereocenters. The van der Waals surface area contributed by atoms with E-state index < -0.39 is 10.0 Å². The van der Waals surface area contributed by atoms with Gasteiger partial charge in [0.05, 0.1) is 17.0 Å². The molecule has 0 bridgehead atoms. The van der Waals surface area contributed by atoms with Gasteiger partial charge in [-0.3, -0.25) is 9.29 Å². The number of aromatic nitrogens is 1. The highest BCUT2D eigenvalue weighted by Gasteiger charge is 2.28. The molecule has 6 heteroatoms. The highest BCUT2D eigenvalue weighted by Crippen LogP contribution is 2.27. The van der Waals surface area contributed by atoms with Crippen molar-refractivity contribution in [2.45, 2.75) is 32.7 Å². The fraction of sp³-hybridized carbons (Fsp3) is 0.318. The lowest BCUT2D eigenvalue weighted by molar-refractivity contribution is 0.599. The maximum atomic E-state index is 12.2. The summed E-state index contributed by atoms with van der Waals surface area (Å²) in [5, 5.41) is 4.63. The van der Waals surface area contributed by atoms with Crippen LogP contribution in [0.5, 0.6) is 0 Å². The molecule has 5 nitrogen and oxygen atoms in total. The van der Waals surface area contributed by atoms with Gasteiger partial charge in [-0.2, -0.15) is 0 Å². The van der Waals surface area contributed by atoms with Gasteiger partial charge in [-0.1, -0.05) is 43.7 Å². The minimum atomic E-state index is -3.16. The Balaban J connectivity index is 1.59. The topological polar surface area (TPSA) is 62.3 Å². The molecule has 1 aliphatic rings. The summed E-state index contributed by atoms with van der Waals surface area (Å²) in [6.07, 6.45) is 2.69. The van der Waals surface area contributed by atoms with Crippen LogP contribution in [0.2, 0.25) is 0 Å². The third-order valence-electron chi connectivity index (χ3n) is 5.06. The van der Waals surface area contributed by atoms with Crippen molar-refractivity contribution in [1.29, 1.82) is 0 Å². The molecule has 0 amide bonds. The zero-order valence-electron chi connectivity index (χ0n) is 16.1. The Morgan fingerprint density at radius 1 is 1.11 bits per heavy atom. The average Bonchev–Trinajstić information content (AvgIpc) is 3.05. The molecule has 0 aliphatic carbocycles. The SMILES string of the molecule is CCCc1cc(NCc2cccc(N3CCCS3(=O)=O)c2)c2ccccc2n1. The van der Waals surface area contributed by atoms with Gasteiger partial charge in [-0.15, -0.1) is 0 Å². The fourth-order valence-corrected chi connectivity index (χ4v) is 5.27. The molecule has 1 N–H and O–H groups in total. The number of para-hydroxylation sites is 1. The Hall–Kier alpha value is -2.60. The second kappa shape index (κ2) is 7.80. The van der Waals surface area contributed by atoms with E-state index in [2.05, 4.69) is 24.4 Å². The Morgan fingerprint density at radius 2 is 1.96 bits per heavy atom. The molecule has 0 saturated carbocycles. The number of hydrogen-bond acceptors (Lipinski definition) is 4. The van der Waals surface area contributed by atoms with Crippen LogP contribution in [-0.4, -0.2) is 25.7 Å². The van der Waals surface area contributed by atoms with Gasteiger partial charge in [0, 0.05) is 29.9 Å². The Labute approximate surface area is 166 Å². The lowest BCUT2D eigenvalue weighted by atomic mass is 10.1. The molecule has 1 fully saturated rings. The minimum Gasteiger partial charge on any atom is -0.380 e. The largest absolute Gasteiger partial charge is 0.380 e. The standard InChI is InChI=1S/C22H25N3O2S/c1-2-7-18-15-22(20-10-3-4-11-21(20)24-18)23-16-17-8-5-9-19(14-17)25-12-6-13-28(25,26)27/h3-5,8-11,14-15H,2,6-7,12-13,16H2,1H3,(H,23,24). The fourth-order valence-electron chi connectivity index (χ4n) is 3.71. The van der Waals surface area contributed by atoms with Crippen LogP contribution in [0.3, 0.4) is 0 Å². The van der Waals surface area contributed by atoms with Crippen LogP contribution in [0.1, 0.15) is 31.0 Å². The molecule has 2 heterocycles. The second-order valence-electron chi connectivity index (χ2n) is 7.19. The van der Waals surface area contributed by atoms with Gasteiger partial charge in [0.2, 0.25) is 10.0 Å². The maximum absolute atomic E-state index is 12.2. The van der Waals surface area contributed by atoms with Crippen molar-refractivity contribution in [1.82, 2.24) is 4.98 Å². The van der Waals surface area contributed by atoms with Crippen LogP contribution in [-0.2, 0) is 23.0 Å². The predicted molar refractivity (Wildman–Crippen MR) is 115 cm³/mol. The number of aryl methyl sites for hydroxylation is 1. The monoisotopic (exact) mass is 395 g/mol. The lowest BCUT2D eigenvalue weighted by Gasteiger charge is -2.18. The predicted octanol–water partition coefficient (Wildman–Crippen LogP) is 4.34. The summed E-state index contributed by atoms with van der Waals surface area (Å²) in [6, 6.07) is 18.1. The minimum absolute atomic E-state index is 0.235. The normalized spacial score (nSPS) is 15.8.